The maximum absolute atomic E-state index is 12.2. The smallest absolute Gasteiger partial charge is 0.463 e. The van der Waals surface area contributed by atoms with Crippen LogP contribution in [0.5, 0.6) is 5.75 Å². The van der Waals surface area contributed by atoms with E-state index in [0.717, 1.165) is 11.1 Å². The maximum Gasteiger partial charge on any atom is 0.585 e. The zero-order chi connectivity index (χ0) is 19.7. The molecular weight excluding hydrogens is 365 g/mol. The highest BCUT2D eigenvalue weighted by Gasteiger charge is 2.32. The molecule has 0 atom stereocenters. The summed E-state index contributed by atoms with van der Waals surface area (Å²) < 4.78 is 27.9. The lowest BCUT2D eigenvalue weighted by Crippen LogP contribution is -2.22. The molecule has 3 aromatic rings. The largest absolute Gasteiger partial charge is 0.585 e. The normalized spacial score (nSPS) is 12.2. The number of benzene rings is 1. The lowest BCUT2D eigenvalue weighted by molar-refractivity contribution is 0.0474. The van der Waals surface area contributed by atoms with E-state index in [2.05, 4.69) is 18.3 Å². The fraction of sp³-hybridized carbons (Fsp3) is 0.250. The van der Waals surface area contributed by atoms with Crippen molar-refractivity contribution in [2.45, 2.75) is 25.7 Å². The molecule has 7 heteroatoms. The highest BCUT2D eigenvalue weighted by Crippen LogP contribution is 2.46. The molecule has 2 aromatic heterocycles. The minimum absolute atomic E-state index is 0.215. The van der Waals surface area contributed by atoms with Gasteiger partial charge < -0.3 is 18.7 Å². The van der Waals surface area contributed by atoms with Gasteiger partial charge in [-0.25, -0.2) is 4.79 Å². The van der Waals surface area contributed by atoms with E-state index in [1.54, 1.807) is 30.5 Å². The van der Waals surface area contributed by atoms with E-state index in [4.69, 9.17) is 13.7 Å². The summed E-state index contributed by atoms with van der Waals surface area (Å²) in [6, 6.07) is 10.7. The number of rotatable bonds is 7. The lowest BCUT2D eigenvalue weighted by Gasteiger charge is -2.26. The van der Waals surface area contributed by atoms with Crippen LogP contribution >= 0.6 is 7.37 Å². The fourth-order valence-electron chi connectivity index (χ4n) is 2.85. The Morgan fingerprint density at radius 2 is 2.00 bits per heavy atom. The molecule has 140 valence electrons. The molecule has 0 aliphatic heterocycles. The van der Waals surface area contributed by atoms with Crippen molar-refractivity contribution in [3.63, 3.8) is 0 Å². The van der Waals surface area contributed by atoms with E-state index >= 15 is 0 Å². The van der Waals surface area contributed by atoms with Crippen LogP contribution in [0.25, 0.3) is 11.1 Å². The molecule has 6 nitrogen and oxygen atoms in total. The topological polar surface area (TPSA) is 81.5 Å². The number of ether oxygens (including phenoxy) is 1. The number of H-pyrrole nitrogens is 1. The van der Waals surface area contributed by atoms with E-state index in [1.807, 2.05) is 26.0 Å². The van der Waals surface area contributed by atoms with Gasteiger partial charge >= 0.3 is 13.3 Å². The molecule has 0 saturated carbocycles. The van der Waals surface area contributed by atoms with Gasteiger partial charge in [-0.15, -0.1) is 0 Å². The second-order valence-electron chi connectivity index (χ2n) is 7.05. The third kappa shape index (κ3) is 4.52. The first-order chi connectivity index (χ1) is 12.7. The molecule has 0 saturated heterocycles. The van der Waals surface area contributed by atoms with Crippen LogP contribution in [-0.4, -0.2) is 17.6 Å². The fourth-order valence-corrected chi connectivity index (χ4v) is 3.37. The Morgan fingerprint density at radius 3 is 2.70 bits per heavy atom. The third-order valence-electron chi connectivity index (χ3n) is 4.30. The summed E-state index contributed by atoms with van der Waals surface area (Å²) in [5.41, 5.74) is 2.18. The maximum atomic E-state index is 12.2. The predicted octanol–water partition coefficient (Wildman–Crippen LogP) is 5.53. The number of nitrogens with one attached hydrogen (secondary N) is 1. The molecule has 0 radical (unpaired) electrons. The van der Waals surface area contributed by atoms with Gasteiger partial charge in [0.2, 0.25) is 13.3 Å². The zero-order valence-corrected chi connectivity index (χ0v) is 16.3. The molecule has 0 spiro atoms. The number of hydrogen-bond acceptors (Lipinski definition) is 5. The van der Waals surface area contributed by atoms with Crippen LogP contribution in [0.3, 0.4) is 0 Å². The Bertz CT molecular complexity index is 966. The first-order valence-electron chi connectivity index (χ1n) is 8.47. The summed E-state index contributed by atoms with van der Waals surface area (Å²) in [5.74, 6) is 0.0358. The van der Waals surface area contributed by atoms with Crippen molar-refractivity contribution in [2.24, 2.45) is 0 Å². The summed E-state index contributed by atoms with van der Waals surface area (Å²) in [4.78, 5) is 15.2. The standard InChI is InChI=1S/C20H21NO5P/c1-20(2,14-7-5-6-8-17(14)26-27(3,4)23)10-12-25-19(22)16-13-18-15(21-16)9-11-24-18/h5-9,11,13H,3-4,10,12H2,1-2H3/q+1/p+1. The Morgan fingerprint density at radius 1 is 1.26 bits per heavy atom. The Labute approximate surface area is 158 Å². The van der Waals surface area contributed by atoms with Crippen LogP contribution in [0, 0.1) is 13.3 Å². The summed E-state index contributed by atoms with van der Waals surface area (Å²) in [6.45, 7) is 11.1. The van der Waals surface area contributed by atoms with Crippen molar-refractivity contribution >= 4 is 24.4 Å². The molecule has 2 heterocycles. The van der Waals surface area contributed by atoms with Gasteiger partial charge in [0.15, 0.2) is 5.58 Å². The number of hydrogen-bond donors (Lipinski definition) is 1. The van der Waals surface area contributed by atoms with E-state index in [-0.39, 0.29) is 12.0 Å². The van der Waals surface area contributed by atoms with Crippen LogP contribution in [0.4, 0.5) is 0 Å². The molecule has 3 rings (SSSR count). The monoisotopic (exact) mass is 387 g/mol. The zero-order valence-electron chi connectivity index (χ0n) is 15.4. The highest BCUT2D eigenvalue weighted by molar-refractivity contribution is 7.61. The Kier molecular flexibility index (Phi) is 5.03. The number of carbonyl (C=O) groups excluding carboxylic acids is 1. The summed E-state index contributed by atoms with van der Waals surface area (Å²) >= 11 is 0. The van der Waals surface area contributed by atoms with Gasteiger partial charge in [0, 0.05) is 17.7 Å². The van der Waals surface area contributed by atoms with Crippen LogP contribution in [0.1, 0.15) is 36.3 Å². The number of para-hydroxylation sites is 1. The molecular formula is C20H22NO5P+2. The van der Waals surface area contributed by atoms with Crippen molar-refractivity contribution in [3.05, 3.63) is 67.2 Å². The number of aromatic amines is 1. The van der Waals surface area contributed by atoms with Gasteiger partial charge in [0.1, 0.15) is 11.4 Å². The van der Waals surface area contributed by atoms with Crippen molar-refractivity contribution in [3.8, 4) is 5.75 Å². The Balaban J connectivity index is 1.65. The molecule has 0 bridgehead atoms. The number of esters is 1. The first kappa shape index (κ1) is 19.1. The number of furan rings is 1. The number of aromatic nitrogens is 1. The number of carbonyl (C=O) groups is 1. The minimum atomic E-state index is -3.17. The molecule has 0 aliphatic rings. The Hall–Kier alpha value is -2.72. The van der Waals surface area contributed by atoms with Crippen molar-refractivity contribution < 1.29 is 23.0 Å². The summed E-state index contributed by atoms with van der Waals surface area (Å²) in [5, 5.41) is 0. The van der Waals surface area contributed by atoms with Crippen molar-refractivity contribution in [1.29, 1.82) is 0 Å². The average molecular weight is 387 g/mol. The quantitative estimate of drug-likeness (QED) is 0.328. The molecule has 0 unspecified atom stereocenters. The number of fused-ring (bicyclic) bond motifs is 1. The molecule has 0 fully saturated rings. The van der Waals surface area contributed by atoms with E-state index in [0.29, 0.717) is 23.4 Å². The minimum Gasteiger partial charge on any atom is -0.463 e. The second-order valence-corrected chi connectivity index (χ2v) is 8.86. The molecule has 0 amide bonds. The van der Waals surface area contributed by atoms with Gasteiger partial charge in [-0.1, -0.05) is 32.0 Å². The molecule has 1 aromatic carbocycles. The van der Waals surface area contributed by atoms with Crippen LogP contribution < -0.4 is 4.52 Å². The van der Waals surface area contributed by atoms with Gasteiger partial charge in [-0.05, 0) is 17.9 Å². The first-order valence-corrected chi connectivity index (χ1v) is 10.5. The molecule has 27 heavy (non-hydrogen) atoms. The summed E-state index contributed by atoms with van der Waals surface area (Å²) in [6.07, 6.45) is 2.10. The van der Waals surface area contributed by atoms with Gasteiger partial charge in [0.05, 0.1) is 18.4 Å². The average Bonchev–Trinajstić information content (AvgIpc) is 3.15. The van der Waals surface area contributed by atoms with E-state index in [9.17, 15) is 9.36 Å². The summed E-state index contributed by atoms with van der Waals surface area (Å²) in [7, 11) is -3.17. The third-order valence-corrected chi connectivity index (χ3v) is 4.83. The highest BCUT2D eigenvalue weighted by atomic mass is 31.2. The second kappa shape index (κ2) is 7.12. The lowest BCUT2D eigenvalue weighted by atomic mass is 9.81. The van der Waals surface area contributed by atoms with E-state index in [1.165, 1.54) is 0 Å². The van der Waals surface area contributed by atoms with Gasteiger partial charge in [-0.3, -0.25) is 0 Å². The predicted molar refractivity (Wildman–Crippen MR) is 104 cm³/mol. The van der Waals surface area contributed by atoms with Crippen molar-refractivity contribution in [1.82, 2.24) is 4.98 Å². The van der Waals surface area contributed by atoms with Gasteiger partial charge in [0.25, 0.3) is 0 Å². The van der Waals surface area contributed by atoms with Crippen LogP contribution in [0.15, 0.2) is 47.1 Å². The van der Waals surface area contributed by atoms with Gasteiger partial charge in [-0.2, -0.15) is 4.57 Å². The molecule has 1 N–H and O–H groups in total. The van der Waals surface area contributed by atoms with Crippen LogP contribution in [-0.2, 0) is 14.7 Å². The van der Waals surface area contributed by atoms with E-state index < -0.39 is 13.3 Å². The van der Waals surface area contributed by atoms with Crippen LogP contribution in [0.2, 0.25) is 0 Å². The van der Waals surface area contributed by atoms with Crippen molar-refractivity contribution in [2.75, 3.05) is 6.61 Å². The SMILES string of the molecule is [CH2+]P([CH2+])(=O)Oc1ccccc1C(C)(C)CCOC(=O)c1cc2occc2[nH]1. The molecule has 0 aliphatic carbocycles.